The van der Waals surface area contributed by atoms with Gasteiger partial charge in [-0.15, -0.1) is 0 Å². The molecule has 1 unspecified atom stereocenters. The van der Waals surface area contributed by atoms with Gasteiger partial charge in [0.05, 0.1) is 19.3 Å². The van der Waals surface area contributed by atoms with E-state index in [2.05, 4.69) is 15.3 Å². The number of anilines is 1. The minimum absolute atomic E-state index is 0.0376. The van der Waals surface area contributed by atoms with Crippen molar-refractivity contribution in [2.75, 3.05) is 31.9 Å². The van der Waals surface area contributed by atoms with Crippen molar-refractivity contribution in [2.24, 2.45) is 0 Å². The van der Waals surface area contributed by atoms with Crippen LogP contribution in [0, 0.1) is 0 Å². The van der Waals surface area contributed by atoms with Crippen LogP contribution in [0.4, 0.5) is 5.82 Å². The van der Waals surface area contributed by atoms with Gasteiger partial charge >= 0.3 is 0 Å². The van der Waals surface area contributed by atoms with Crippen LogP contribution in [0.3, 0.4) is 0 Å². The fourth-order valence-corrected chi connectivity index (χ4v) is 1.73. The number of aromatic nitrogens is 2. The molecule has 0 aromatic carbocycles. The first-order chi connectivity index (χ1) is 7.69. The molecule has 1 aromatic heterocycles. The van der Waals surface area contributed by atoms with Gasteiger partial charge in [-0.3, -0.25) is 0 Å². The summed E-state index contributed by atoms with van der Waals surface area (Å²) in [4.78, 5) is 8.23. The van der Waals surface area contributed by atoms with Crippen LogP contribution >= 0.6 is 23.4 Å². The average Bonchev–Trinajstić information content (AvgIpc) is 2.27. The number of ether oxygens (including phenoxy) is 1. The Hall–Kier alpha value is -0.560. The number of nitrogens with zero attached hydrogens (tertiary/aromatic N) is 2. The second-order valence-electron chi connectivity index (χ2n) is 3.04. The van der Waals surface area contributed by atoms with Gasteiger partial charge in [0.2, 0.25) is 0 Å². The summed E-state index contributed by atoms with van der Waals surface area (Å²) < 4.78 is 4.95. The van der Waals surface area contributed by atoms with Crippen molar-refractivity contribution in [2.45, 2.75) is 11.2 Å². The fraction of sp³-hybridized carbons (Fsp3) is 0.556. The summed E-state index contributed by atoms with van der Waals surface area (Å²) in [7, 11) is 1.57. The molecule has 7 heteroatoms. The van der Waals surface area contributed by atoms with E-state index in [0.29, 0.717) is 22.7 Å². The van der Waals surface area contributed by atoms with E-state index in [1.807, 2.05) is 6.26 Å². The van der Waals surface area contributed by atoms with Crippen LogP contribution < -0.4 is 5.32 Å². The van der Waals surface area contributed by atoms with Crippen molar-refractivity contribution in [3.05, 3.63) is 11.2 Å². The molecule has 0 amide bonds. The lowest BCUT2D eigenvalue weighted by molar-refractivity contribution is 0.153. The van der Waals surface area contributed by atoms with Crippen LogP contribution in [0.25, 0.3) is 0 Å². The van der Waals surface area contributed by atoms with Crippen LogP contribution in [0.1, 0.15) is 0 Å². The molecular weight excluding hydrogens is 250 g/mol. The van der Waals surface area contributed by atoms with Crippen molar-refractivity contribution in [1.29, 1.82) is 0 Å². The predicted octanol–water partition coefficient (Wildman–Crippen LogP) is 1.27. The zero-order chi connectivity index (χ0) is 12.0. The molecule has 90 valence electrons. The number of thioether (sulfide) groups is 1. The Morgan fingerprint density at radius 1 is 1.62 bits per heavy atom. The Balaban J connectivity index is 2.74. The molecule has 0 aliphatic heterocycles. The monoisotopic (exact) mass is 263 g/mol. The maximum Gasteiger partial charge on any atom is 0.190 e. The lowest BCUT2D eigenvalue weighted by Gasteiger charge is -2.16. The van der Waals surface area contributed by atoms with E-state index >= 15 is 0 Å². The van der Waals surface area contributed by atoms with Crippen LogP contribution in [-0.2, 0) is 4.74 Å². The first-order valence-corrected chi connectivity index (χ1v) is 6.24. The maximum absolute atomic E-state index is 9.09. The van der Waals surface area contributed by atoms with E-state index in [0.717, 1.165) is 0 Å². The van der Waals surface area contributed by atoms with Crippen molar-refractivity contribution in [3.8, 4) is 0 Å². The van der Waals surface area contributed by atoms with Gasteiger partial charge in [0.1, 0.15) is 11.0 Å². The zero-order valence-corrected chi connectivity index (χ0v) is 10.7. The standard InChI is InChI=1S/C9H14ClN3O2S/c1-15-5-6(4-14)11-8-3-7(10)12-9(13-8)16-2/h3,6,14H,4-5H2,1-2H3,(H,11,12,13). The molecule has 1 rings (SSSR count). The molecule has 0 aliphatic rings. The molecular formula is C9H14ClN3O2S. The molecule has 0 fully saturated rings. The van der Waals surface area contributed by atoms with Crippen LogP contribution in [-0.4, -0.2) is 47.7 Å². The number of rotatable bonds is 6. The molecule has 1 heterocycles. The number of nitrogens with one attached hydrogen (secondary N) is 1. The highest BCUT2D eigenvalue weighted by Gasteiger charge is 2.09. The number of aliphatic hydroxyl groups excluding tert-OH is 1. The maximum atomic E-state index is 9.09. The summed E-state index contributed by atoms with van der Waals surface area (Å²) in [5.74, 6) is 0.584. The lowest BCUT2D eigenvalue weighted by Crippen LogP contribution is -2.29. The van der Waals surface area contributed by atoms with E-state index in [-0.39, 0.29) is 12.6 Å². The second kappa shape index (κ2) is 6.90. The van der Waals surface area contributed by atoms with Crippen LogP contribution in [0.2, 0.25) is 5.15 Å². The smallest absolute Gasteiger partial charge is 0.190 e. The van der Waals surface area contributed by atoms with Gasteiger partial charge in [-0.2, -0.15) is 0 Å². The minimum Gasteiger partial charge on any atom is -0.394 e. The van der Waals surface area contributed by atoms with E-state index in [1.54, 1.807) is 13.2 Å². The quantitative estimate of drug-likeness (QED) is 0.458. The van der Waals surface area contributed by atoms with E-state index in [9.17, 15) is 0 Å². The Labute approximate surface area is 104 Å². The summed E-state index contributed by atoms with van der Waals surface area (Å²) in [6.45, 7) is 0.358. The Morgan fingerprint density at radius 3 is 2.94 bits per heavy atom. The molecule has 2 N–H and O–H groups in total. The van der Waals surface area contributed by atoms with Gasteiger partial charge in [-0.1, -0.05) is 23.4 Å². The summed E-state index contributed by atoms with van der Waals surface area (Å²) in [6.07, 6.45) is 1.87. The zero-order valence-electron chi connectivity index (χ0n) is 9.11. The van der Waals surface area contributed by atoms with Crippen molar-refractivity contribution < 1.29 is 9.84 Å². The average molecular weight is 264 g/mol. The Kier molecular flexibility index (Phi) is 5.83. The third-order valence-electron chi connectivity index (χ3n) is 1.80. The summed E-state index contributed by atoms with van der Waals surface area (Å²) in [5, 5.41) is 13.1. The second-order valence-corrected chi connectivity index (χ2v) is 4.20. The third kappa shape index (κ3) is 4.13. The molecule has 1 atom stereocenters. The molecule has 0 saturated carbocycles. The van der Waals surface area contributed by atoms with Crippen LogP contribution in [0.15, 0.2) is 11.2 Å². The summed E-state index contributed by atoms with van der Waals surface area (Å²) in [5.41, 5.74) is 0. The van der Waals surface area contributed by atoms with Crippen molar-refractivity contribution in [3.63, 3.8) is 0 Å². The van der Waals surface area contributed by atoms with Gasteiger partial charge < -0.3 is 15.2 Å². The topological polar surface area (TPSA) is 67.3 Å². The molecule has 0 aliphatic carbocycles. The van der Waals surface area contributed by atoms with Crippen molar-refractivity contribution >= 4 is 29.2 Å². The van der Waals surface area contributed by atoms with Gasteiger partial charge in [-0.05, 0) is 6.26 Å². The third-order valence-corrected chi connectivity index (χ3v) is 2.54. The van der Waals surface area contributed by atoms with E-state index in [4.69, 9.17) is 21.4 Å². The van der Waals surface area contributed by atoms with E-state index in [1.165, 1.54) is 11.8 Å². The first kappa shape index (κ1) is 13.5. The highest BCUT2D eigenvalue weighted by Crippen LogP contribution is 2.17. The Morgan fingerprint density at radius 2 is 2.38 bits per heavy atom. The Bertz CT molecular complexity index is 341. The van der Waals surface area contributed by atoms with Gasteiger partial charge in [-0.25, -0.2) is 9.97 Å². The summed E-state index contributed by atoms with van der Waals surface area (Å²) >= 11 is 7.24. The number of hydrogen-bond donors (Lipinski definition) is 2. The molecule has 0 radical (unpaired) electrons. The SMILES string of the molecule is COCC(CO)Nc1cc(Cl)nc(SC)n1. The highest BCUT2D eigenvalue weighted by atomic mass is 35.5. The number of aliphatic hydroxyl groups is 1. The fourth-order valence-electron chi connectivity index (χ4n) is 1.11. The first-order valence-electron chi connectivity index (χ1n) is 4.64. The highest BCUT2D eigenvalue weighted by molar-refractivity contribution is 7.98. The number of methoxy groups -OCH3 is 1. The summed E-state index contributed by atoms with van der Waals surface area (Å²) in [6, 6.07) is 1.41. The van der Waals surface area contributed by atoms with Gasteiger partial charge in [0.25, 0.3) is 0 Å². The van der Waals surface area contributed by atoms with Gasteiger partial charge in [0.15, 0.2) is 5.16 Å². The largest absolute Gasteiger partial charge is 0.394 e. The normalized spacial score (nSPS) is 12.5. The van der Waals surface area contributed by atoms with Gasteiger partial charge in [0, 0.05) is 13.2 Å². The number of halogens is 1. The molecule has 0 saturated heterocycles. The molecule has 0 bridgehead atoms. The minimum atomic E-state index is -0.203. The predicted molar refractivity (Wildman–Crippen MR) is 65.2 cm³/mol. The van der Waals surface area contributed by atoms with Crippen molar-refractivity contribution in [1.82, 2.24) is 9.97 Å². The lowest BCUT2D eigenvalue weighted by atomic mass is 10.3. The molecule has 5 nitrogen and oxygen atoms in total. The molecule has 16 heavy (non-hydrogen) atoms. The van der Waals surface area contributed by atoms with E-state index < -0.39 is 0 Å². The van der Waals surface area contributed by atoms with Crippen LogP contribution in [0.5, 0.6) is 0 Å². The molecule has 1 aromatic rings. The molecule has 0 spiro atoms. The number of hydrogen-bond acceptors (Lipinski definition) is 6.